The van der Waals surface area contributed by atoms with Crippen LogP contribution in [0, 0.1) is 17.8 Å². The molecule has 0 heterocycles. The van der Waals surface area contributed by atoms with Crippen LogP contribution in [0.1, 0.15) is 5.56 Å². The second-order valence-corrected chi connectivity index (χ2v) is 4.22. The summed E-state index contributed by atoms with van der Waals surface area (Å²) in [6, 6.07) is 8.14. The highest BCUT2D eigenvalue weighted by Crippen LogP contribution is 2.44. The topological polar surface area (TPSA) is 0 Å². The monoisotopic (exact) mass is 201 g/mol. The van der Waals surface area contributed by atoms with E-state index in [1.165, 1.54) is 11.5 Å². The van der Waals surface area contributed by atoms with E-state index in [9.17, 15) is 0 Å². The van der Waals surface area contributed by atoms with Crippen LogP contribution >= 0.6 is 11.6 Å². The molecular formula is C13H10Cl+. The first kappa shape index (κ1) is 8.19. The Balaban J connectivity index is 1.95. The third-order valence-electron chi connectivity index (χ3n) is 2.95. The summed E-state index contributed by atoms with van der Waals surface area (Å²) in [6.45, 7) is 0. The number of allylic oxidation sites excluding steroid dienone is 4. The third kappa shape index (κ3) is 1.11. The molecule has 0 N–H and O–H groups in total. The zero-order chi connectivity index (χ0) is 9.54. The van der Waals surface area contributed by atoms with Gasteiger partial charge in [0.05, 0.1) is 22.8 Å². The van der Waals surface area contributed by atoms with Crippen LogP contribution in [0.3, 0.4) is 0 Å². The molecule has 0 radical (unpaired) electrons. The van der Waals surface area contributed by atoms with E-state index < -0.39 is 0 Å². The number of benzene rings is 1. The van der Waals surface area contributed by atoms with Crippen LogP contribution in [-0.2, 0) is 0 Å². The van der Waals surface area contributed by atoms with Crippen molar-refractivity contribution >= 4 is 11.6 Å². The predicted molar refractivity (Wildman–Crippen MR) is 59.1 cm³/mol. The zero-order valence-electron chi connectivity index (χ0n) is 7.65. The van der Waals surface area contributed by atoms with E-state index >= 15 is 0 Å². The lowest BCUT2D eigenvalue weighted by atomic mass is 9.88. The van der Waals surface area contributed by atoms with Gasteiger partial charge in [0.25, 0.3) is 0 Å². The van der Waals surface area contributed by atoms with E-state index in [1.807, 2.05) is 12.1 Å². The van der Waals surface area contributed by atoms with Crippen LogP contribution in [-0.4, -0.2) is 0 Å². The summed E-state index contributed by atoms with van der Waals surface area (Å²) in [5.41, 5.74) is 1.32. The molecule has 14 heavy (non-hydrogen) atoms. The van der Waals surface area contributed by atoms with Gasteiger partial charge in [-0.1, -0.05) is 35.9 Å². The van der Waals surface area contributed by atoms with E-state index in [2.05, 4.69) is 36.4 Å². The molecule has 0 saturated heterocycles. The molecule has 2 bridgehead atoms. The minimum atomic E-state index is 0.529. The van der Waals surface area contributed by atoms with Crippen molar-refractivity contribution in [1.29, 1.82) is 0 Å². The summed E-state index contributed by atoms with van der Waals surface area (Å²) in [5.74, 6) is 2.56. The lowest BCUT2D eigenvalue weighted by Gasteiger charge is -2.08. The van der Waals surface area contributed by atoms with E-state index in [4.69, 9.17) is 11.6 Å². The van der Waals surface area contributed by atoms with Gasteiger partial charge in [-0.15, -0.1) is 0 Å². The van der Waals surface area contributed by atoms with Gasteiger partial charge in [0, 0.05) is 24.3 Å². The van der Waals surface area contributed by atoms with Gasteiger partial charge in [0.1, 0.15) is 5.56 Å². The first-order valence-corrected chi connectivity index (χ1v) is 5.22. The molecule has 0 spiro atoms. The van der Waals surface area contributed by atoms with Crippen molar-refractivity contribution in [2.45, 2.75) is 0 Å². The lowest BCUT2D eigenvalue weighted by Crippen LogP contribution is -2.06. The number of fused-ring (bicyclic) bond motifs is 2. The number of hydrogen-bond donors (Lipinski definition) is 0. The second-order valence-electron chi connectivity index (χ2n) is 3.78. The summed E-state index contributed by atoms with van der Waals surface area (Å²) in [6.07, 6.45) is 9.09. The van der Waals surface area contributed by atoms with Crippen LogP contribution in [0.15, 0.2) is 48.6 Å². The molecule has 68 valence electrons. The minimum absolute atomic E-state index is 0.529. The van der Waals surface area contributed by atoms with Crippen molar-refractivity contribution in [3.8, 4) is 0 Å². The van der Waals surface area contributed by atoms with Crippen molar-refractivity contribution in [3.63, 3.8) is 0 Å². The summed E-state index contributed by atoms with van der Waals surface area (Å²) in [4.78, 5) is 0. The maximum atomic E-state index is 5.87. The Kier molecular flexibility index (Phi) is 1.71. The van der Waals surface area contributed by atoms with Crippen LogP contribution in [0.5, 0.6) is 0 Å². The quantitative estimate of drug-likeness (QED) is 0.481. The van der Waals surface area contributed by atoms with Crippen LogP contribution in [0.25, 0.3) is 0 Å². The Morgan fingerprint density at radius 3 is 1.86 bits per heavy atom. The molecule has 0 atom stereocenters. The number of halogens is 1. The van der Waals surface area contributed by atoms with Crippen LogP contribution in [0.2, 0.25) is 5.02 Å². The van der Waals surface area contributed by atoms with E-state index in [1.54, 1.807) is 0 Å². The maximum Gasteiger partial charge on any atom is 0.134 e. The van der Waals surface area contributed by atoms with Gasteiger partial charge in [-0.25, -0.2) is 0 Å². The van der Waals surface area contributed by atoms with Crippen molar-refractivity contribution in [2.24, 2.45) is 11.8 Å². The highest BCUT2D eigenvalue weighted by atomic mass is 35.5. The Hall–Kier alpha value is -1.14. The summed E-state index contributed by atoms with van der Waals surface area (Å²) < 4.78 is 0. The molecule has 0 unspecified atom stereocenters. The molecule has 1 aromatic rings. The molecule has 2 aliphatic carbocycles. The zero-order valence-corrected chi connectivity index (χ0v) is 8.41. The third-order valence-corrected chi connectivity index (χ3v) is 3.20. The molecular weight excluding hydrogens is 192 g/mol. The van der Waals surface area contributed by atoms with Gasteiger partial charge in [-0.05, 0) is 0 Å². The van der Waals surface area contributed by atoms with Crippen LogP contribution in [0.4, 0.5) is 0 Å². The Labute approximate surface area is 88.9 Å². The molecule has 0 saturated carbocycles. The Morgan fingerprint density at radius 2 is 1.36 bits per heavy atom. The molecule has 1 heteroatoms. The molecule has 0 nitrogen and oxygen atoms in total. The van der Waals surface area contributed by atoms with E-state index in [0.29, 0.717) is 11.8 Å². The van der Waals surface area contributed by atoms with Gasteiger partial charge in [-0.3, -0.25) is 0 Å². The average Bonchev–Trinajstić information content (AvgIpc) is 2.78. The van der Waals surface area contributed by atoms with Gasteiger partial charge in [-0.2, -0.15) is 0 Å². The Morgan fingerprint density at radius 1 is 0.857 bits per heavy atom. The molecule has 1 aromatic carbocycles. The average molecular weight is 202 g/mol. The normalized spacial score (nSPS) is 27.6. The molecule has 0 aliphatic heterocycles. The molecule has 0 aromatic heterocycles. The van der Waals surface area contributed by atoms with Gasteiger partial charge in [0.15, 0.2) is 0 Å². The first-order chi connectivity index (χ1) is 6.84. The SMILES string of the molecule is Clc1ccc([C+]2C3C=CC2C=C3)cc1. The van der Waals surface area contributed by atoms with Crippen molar-refractivity contribution in [3.05, 3.63) is 65.1 Å². The number of hydrogen-bond acceptors (Lipinski definition) is 0. The fraction of sp³-hybridized carbons (Fsp3) is 0.154. The van der Waals surface area contributed by atoms with Crippen molar-refractivity contribution < 1.29 is 0 Å². The summed E-state index contributed by atoms with van der Waals surface area (Å²) >= 11 is 5.87. The fourth-order valence-corrected chi connectivity index (χ4v) is 2.40. The molecule has 0 fully saturated rings. The summed E-state index contributed by atoms with van der Waals surface area (Å²) in [5, 5.41) is 0.806. The first-order valence-electron chi connectivity index (χ1n) is 4.84. The van der Waals surface area contributed by atoms with E-state index in [0.717, 1.165) is 5.02 Å². The largest absolute Gasteiger partial charge is 0.134 e. The lowest BCUT2D eigenvalue weighted by molar-refractivity contribution is 0.819. The van der Waals surface area contributed by atoms with Gasteiger partial charge >= 0.3 is 0 Å². The smallest absolute Gasteiger partial charge is 0.0818 e. The molecule has 0 amide bonds. The standard InChI is InChI=1S/C13H10Cl/c14-12-7-5-11(6-8-12)13-9-1-2-10(13)4-3-9/h1-10H/q+1. The molecule has 3 rings (SSSR count). The number of rotatable bonds is 1. The Bertz CT molecular complexity index is 370. The maximum absolute atomic E-state index is 5.87. The summed E-state index contributed by atoms with van der Waals surface area (Å²) in [7, 11) is 0. The van der Waals surface area contributed by atoms with Gasteiger partial charge in [0.2, 0.25) is 0 Å². The van der Waals surface area contributed by atoms with Crippen molar-refractivity contribution in [2.75, 3.05) is 0 Å². The minimum Gasteiger partial charge on any atom is -0.0818 e. The van der Waals surface area contributed by atoms with Crippen molar-refractivity contribution in [1.82, 2.24) is 0 Å². The predicted octanol–water partition coefficient (Wildman–Crippen LogP) is 3.63. The van der Waals surface area contributed by atoms with E-state index in [-0.39, 0.29) is 0 Å². The highest BCUT2D eigenvalue weighted by molar-refractivity contribution is 6.30. The van der Waals surface area contributed by atoms with Gasteiger partial charge < -0.3 is 0 Å². The fourth-order valence-electron chi connectivity index (χ4n) is 2.27. The van der Waals surface area contributed by atoms with Crippen LogP contribution < -0.4 is 0 Å². The molecule has 2 aliphatic rings. The second kappa shape index (κ2) is 2.93. The highest BCUT2D eigenvalue weighted by Gasteiger charge is 2.40.